The van der Waals surface area contributed by atoms with Gasteiger partial charge in [0.05, 0.1) is 5.75 Å². The summed E-state index contributed by atoms with van der Waals surface area (Å²) in [5.41, 5.74) is 0. The van der Waals surface area contributed by atoms with Gasteiger partial charge in [-0.05, 0) is 26.2 Å². The fraction of sp³-hybridized carbons (Fsp3) is 0.667. The molecular formula is C12H21N3O4S. The monoisotopic (exact) mass is 303 g/mol. The third-order valence-corrected chi connectivity index (χ3v) is 4.01. The van der Waals surface area contributed by atoms with Gasteiger partial charge in [-0.25, -0.2) is 13.1 Å². The molecule has 1 heterocycles. The topological polar surface area (TPSA) is 101 Å². The Labute approximate surface area is 119 Å². The molecular weight excluding hydrogens is 282 g/mol. The van der Waals surface area contributed by atoms with Crippen molar-refractivity contribution in [3.05, 3.63) is 11.8 Å². The highest BCUT2D eigenvalue weighted by Crippen LogP contribution is 2.11. The predicted molar refractivity (Wildman–Crippen MR) is 75.7 cm³/mol. The zero-order valence-corrected chi connectivity index (χ0v) is 13.0. The molecule has 2 N–H and O–H groups in total. The van der Waals surface area contributed by atoms with E-state index < -0.39 is 22.0 Å². The average molecular weight is 303 g/mol. The van der Waals surface area contributed by atoms with E-state index in [0.29, 0.717) is 12.2 Å². The fourth-order valence-electron chi connectivity index (χ4n) is 1.62. The van der Waals surface area contributed by atoms with Gasteiger partial charge in [-0.1, -0.05) is 19.0 Å². The van der Waals surface area contributed by atoms with Gasteiger partial charge in [-0.2, -0.15) is 0 Å². The highest BCUT2D eigenvalue weighted by molar-refractivity contribution is 7.89. The molecule has 0 saturated carbocycles. The number of aryl methyl sites for hydroxylation is 1. The molecule has 0 saturated heterocycles. The second-order valence-corrected chi connectivity index (χ2v) is 7.06. The van der Waals surface area contributed by atoms with Gasteiger partial charge in [-0.15, -0.1) is 0 Å². The Balaban J connectivity index is 2.79. The van der Waals surface area contributed by atoms with Crippen LogP contribution in [0.25, 0.3) is 0 Å². The smallest absolute Gasteiger partial charge is 0.243 e. The normalized spacial score (nSPS) is 13.4. The van der Waals surface area contributed by atoms with Crippen molar-refractivity contribution in [2.75, 3.05) is 11.1 Å². The lowest BCUT2D eigenvalue weighted by Gasteiger charge is -2.18. The molecule has 0 bridgehead atoms. The Bertz CT molecular complexity index is 551. The van der Waals surface area contributed by atoms with Crippen LogP contribution in [0.5, 0.6) is 0 Å². The molecule has 1 rings (SSSR count). The van der Waals surface area contributed by atoms with Gasteiger partial charge >= 0.3 is 0 Å². The molecule has 7 nitrogen and oxygen atoms in total. The summed E-state index contributed by atoms with van der Waals surface area (Å²) in [5.74, 6) is 0.498. The summed E-state index contributed by atoms with van der Waals surface area (Å²) in [6.07, 6.45) is 0.405. The van der Waals surface area contributed by atoms with Crippen LogP contribution in [0.2, 0.25) is 0 Å². The molecule has 1 amide bonds. The van der Waals surface area contributed by atoms with Crippen LogP contribution >= 0.6 is 0 Å². The van der Waals surface area contributed by atoms with E-state index in [2.05, 4.69) is 15.2 Å². The van der Waals surface area contributed by atoms with Gasteiger partial charge in [0.2, 0.25) is 15.9 Å². The summed E-state index contributed by atoms with van der Waals surface area (Å²) in [6.45, 7) is 7.06. The minimum atomic E-state index is -3.45. The number of carbonyl (C=O) groups excluding carboxylic acids is 1. The van der Waals surface area contributed by atoms with Gasteiger partial charge < -0.3 is 9.84 Å². The Kier molecular flexibility index (Phi) is 5.70. The third kappa shape index (κ3) is 5.30. The number of nitrogens with one attached hydrogen (secondary N) is 2. The fourth-order valence-corrected chi connectivity index (χ4v) is 2.42. The van der Waals surface area contributed by atoms with Crippen molar-refractivity contribution < 1.29 is 17.7 Å². The van der Waals surface area contributed by atoms with E-state index in [-0.39, 0.29) is 17.5 Å². The number of nitrogens with zero attached hydrogens (tertiary/aromatic N) is 1. The Hall–Kier alpha value is -1.41. The molecule has 1 aromatic heterocycles. The highest BCUT2D eigenvalue weighted by atomic mass is 32.2. The Morgan fingerprint density at radius 2 is 2.10 bits per heavy atom. The van der Waals surface area contributed by atoms with Crippen molar-refractivity contribution in [3.63, 3.8) is 0 Å². The number of hydrogen-bond donors (Lipinski definition) is 2. The second kappa shape index (κ2) is 6.85. The van der Waals surface area contributed by atoms with E-state index in [1.54, 1.807) is 13.0 Å². The largest absolute Gasteiger partial charge is 0.360 e. The second-order valence-electron chi connectivity index (χ2n) is 5.02. The lowest BCUT2D eigenvalue weighted by molar-refractivity contribution is -0.118. The first kappa shape index (κ1) is 16.6. The minimum Gasteiger partial charge on any atom is -0.360 e. The standard InChI is InChI=1S/C12H21N3O4S/c1-5-20(17,18)15-10(6-8(2)3)12(16)13-11-7-9(4)19-14-11/h7-8,10,15H,5-6H2,1-4H3,(H,13,14,16)/t10-/m0/s1. The highest BCUT2D eigenvalue weighted by Gasteiger charge is 2.25. The van der Waals surface area contributed by atoms with Crippen LogP contribution in [0.3, 0.4) is 0 Å². The zero-order valence-electron chi connectivity index (χ0n) is 12.1. The van der Waals surface area contributed by atoms with Gasteiger partial charge in [0.1, 0.15) is 11.8 Å². The molecule has 20 heavy (non-hydrogen) atoms. The molecule has 1 aromatic rings. The summed E-state index contributed by atoms with van der Waals surface area (Å²) in [4.78, 5) is 12.1. The summed E-state index contributed by atoms with van der Waals surface area (Å²) in [6, 6.07) is 0.746. The first-order valence-corrected chi connectivity index (χ1v) is 8.13. The summed E-state index contributed by atoms with van der Waals surface area (Å²) >= 11 is 0. The van der Waals surface area contributed by atoms with E-state index in [4.69, 9.17) is 4.52 Å². The first-order valence-electron chi connectivity index (χ1n) is 6.47. The number of amides is 1. The maximum absolute atomic E-state index is 12.1. The number of rotatable bonds is 7. The summed E-state index contributed by atoms with van der Waals surface area (Å²) < 4.78 is 30.5. The van der Waals surface area contributed by atoms with E-state index in [1.807, 2.05) is 13.8 Å². The molecule has 0 aromatic carbocycles. The molecule has 114 valence electrons. The van der Waals surface area contributed by atoms with Crippen molar-refractivity contribution in [2.45, 2.75) is 40.2 Å². The van der Waals surface area contributed by atoms with Crippen LogP contribution in [0.15, 0.2) is 10.6 Å². The van der Waals surface area contributed by atoms with Crippen LogP contribution in [0.1, 0.15) is 33.0 Å². The molecule has 0 aliphatic carbocycles. The zero-order chi connectivity index (χ0) is 15.3. The summed E-state index contributed by atoms with van der Waals surface area (Å²) in [7, 11) is -3.45. The van der Waals surface area contributed by atoms with E-state index in [9.17, 15) is 13.2 Å². The Morgan fingerprint density at radius 3 is 2.55 bits per heavy atom. The average Bonchev–Trinajstić information content (AvgIpc) is 2.73. The number of anilines is 1. The van der Waals surface area contributed by atoms with Crippen LogP contribution in [0, 0.1) is 12.8 Å². The van der Waals surface area contributed by atoms with Crippen LogP contribution in [-0.4, -0.2) is 31.3 Å². The third-order valence-electron chi connectivity index (χ3n) is 2.60. The lowest BCUT2D eigenvalue weighted by Crippen LogP contribution is -2.45. The van der Waals surface area contributed by atoms with Crippen molar-refractivity contribution in [2.24, 2.45) is 5.92 Å². The molecule has 8 heteroatoms. The number of aromatic nitrogens is 1. The van der Waals surface area contributed by atoms with Crippen molar-refractivity contribution in [1.29, 1.82) is 0 Å². The predicted octanol–water partition coefficient (Wildman–Crippen LogP) is 1.28. The lowest BCUT2D eigenvalue weighted by atomic mass is 10.0. The van der Waals surface area contributed by atoms with Gasteiger partial charge in [0.15, 0.2) is 5.82 Å². The maximum Gasteiger partial charge on any atom is 0.243 e. The number of hydrogen-bond acceptors (Lipinski definition) is 5. The van der Waals surface area contributed by atoms with Crippen molar-refractivity contribution >= 4 is 21.7 Å². The molecule has 1 atom stereocenters. The van der Waals surface area contributed by atoms with Gasteiger partial charge in [-0.3, -0.25) is 4.79 Å². The SMILES string of the molecule is CCS(=O)(=O)N[C@@H](CC(C)C)C(=O)Nc1cc(C)on1. The van der Waals surface area contributed by atoms with Crippen molar-refractivity contribution in [1.82, 2.24) is 9.88 Å². The van der Waals surface area contributed by atoms with Crippen LogP contribution < -0.4 is 10.0 Å². The molecule has 0 fully saturated rings. The first-order chi connectivity index (χ1) is 9.23. The van der Waals surface area contributed by atoms with Gasteiger partial charge in [0.25, 0.3) is 0 Å². The van der Waals surface area contributed by atoms with E-state index in [1.165, 1.54) is 6.92 Å². The summed E-state index contributed by atoms with van der Waals surface area (Å²) in [5, 5.41) is 6.19. The number of carbonyl (C=O) groups is 1. The molecule has 0 unspecified atom stereocenters. The Morgan fingerprint density at radius 1 is 1.45 bits per heavy atom. The number of sulfonamides is 1. The van der Waals surface area contributed by atoms with Crippen LogP contribution in [-0.2, 0) is 14.8 Å². The molecule has 0 radical (unpaired) electrons. The van der Waals surface area contributed by atoms with Gasteiger partial charge in [0, 0.05) is 6.07 Å². The molecule has 0 spiro atoms. The minimum absolute atomic E-state index is 0.0715. The molecule has 0 aliphatic rings. The van der Waals surface area contributed by atoms with Crippen LogP contribution in [0.4, 0.5) is 5.82 Å². The molecule has 0 aliphatic heterocycles. The maximum atomic E-state index is 12.1. The van der Waals surface area contributed by atoms with E-state index >= 15 is 0 Å². The van der Waals surface area contributed by atoms with E-state index in [0.717, 1.165) is 0 Å². The quantitative estimate of drug-likeness (QED) is 0.790. The van der Waals surface area contributed by atoms with Crippen molar-refractivity contribution in [3.8, 4) is 0 Å².